The molecule has 0 spiro atoms. The van der Waals surface area contributed by atoms with Gasteiger partial charge in [0.1, 0.15) is 24.9 Å². The first-order chi connectivity index (χ1) is 11.4. The molecule has 1 fully saturated rings. The van der Waals surface area contributed by atoms with Crippen LogP contribution >= 0.6 is 0 Å². The van der Waals surface area contributed by atoms with Crippen LogP contribution in [-0.4, -0.2) is 78.4 Å². The second-order valence-corrected chi connectivity index (χ2v) is 6.05. The Bertz CT molecular complexity index is 364. The molecule has 0 saturated carbocycles. The van der Waals surface area contributed by atoms with Gasteiger partial charge in [-0.05, 0) is 6.42 Å². The molecule has 0 radical (unpaired) electrons. The van der Waals surface area contributed by atoms with Gasteiger partial charge in [-0.3, -0.25) is 4.79 Å². The largest absolute Gasteiger partial charge is 0.463 e. The molecule has 0 aliphatic carbocycles. The van der Waals surface area contributed by atoms with Crippen molar-refractivity contribution in [2.24, 2.45) is 5.92 Å². The first kappa shape index (κ1) is 21.3. The second-order valence-electron chi connectivity index (χ2n) is 6.05. The van der Waals surface area contributed by atoms with Crippen LogP contribution in [0, 0.1) is 5.92 Å². The summed E-state index contributed by atoms with van der Waals surface area (Å²) in [5, 5.41) is 29.5. The first-order valence-electron chi connectivity index (χ1n) is 8.39. The van der Waals surface area contributed by atoms with E-state index < -0.39 is 42.6 Å². The maximum atomic E-state index is 10.9. The number of rotatable bonds is 10. The summed E-state index contributed by atoms with van der Waals surface area (Å²) in [6.45, 7) is 5.25. The molecule has 8 heteroatoms. The molecule has 1 rings (SSSR count). The Morgan fingerprint density at radius 3 is 2.58 bits per heavy atom. The monoisotopic (exact) mass is 350 g/mol. The van der Waals surface area contributed by atoms with Crippen molar-refractivity contribution in [1.29, 1.82) is 0 Å². The van der Waals surface area contributed by atoms with Crippen LogP contribution in [0.15, 0.2) is 0 Å². The zero-order valence-corrected chi connectivity index (χ0v) is 14.6. The lowest BCUT2D eigenvalue weighted by atomic mass is 9.92. The van der Waals surface area contributed by atoms with E-state index in [9.17, 15) is 20.1 Å². The number of esters is 1. The van der Waals surface area contributed by atoms with Crippen LogP contribution in [0.4, 0.5) is 0 Å². The number of hydrogen-bond donors (Lipinski definition) is 3. The quantitative estimate of drug-likeness (QED) is 0.367. The highest BCUT2D eigenvalue weighted by Gasteiger charge is 2.43. The average Bonchev–Trinajstić information content (AvgIpc) is 2.56. The van der Waals surface area contributed by atoms with Gasteiger partial charge in [0.2, 0.25) is 0 Å². The molecular formula is C16H30O8. The predicted molar refractivity (Wildman–Crippen MR) is 84.2 cm³/mol. The van der Waals surface area contributed by atoms with Gasteiger partial charge in [-0.25, -0.2) is 0 Å². The summed E-state index contributed by atoms with van der Waals surface area (Å²) in [7, 11) is 0. The fraction of sp³-hybridized carbons (Fsp3) is 0.938. The smallest absolute Gasteiger partial charge is 0.302 e. The first-order valence-corrected chi connectivity index (χ1v) is 8.39. The van der Waals surface area contributed by atoms with Gasteiger partial charge in [-0.15, -0.1) is 0 Å². The molecule has 0 amide bonds. The van der Waals surface area contributed by atoms with Crippen LogP contribution in [-0.2, 0) is 23.7 Å². The van der Waals surface area contributed by atoms with Gasteiger partial charge < -0.3 is 34.3 Å². The Morgan fingerprint density at radius 2 is 2.00 bits per heavy atom. The molecule has 24 heavy (non-hydrogen) atoms. The van der Waals surface area contributed by atoms with E-state index in [2.05, 4.69) is 0 Å². The summed E-state index contributed by atoms with van der Waals surface area (Å²) < 4.78 is 21.6. The highest BCUT2D eigenvalue weighted by molar-refractivity contribution is 5.65. The molecule has 6 atom stereocenters. The number of ether oxygens (including phenoxy) is 4. The van der Waals surface area contributed by atoms with E-state index in [0.717, 1.165) is 12.8 Å². The van der Waals surface area contributed by atoms with E-state index in [-0.39, 0.29) is 19.8 Å². The Balaban J connectivity index is 2.53. The van der Waals surface area contributed by atoms with Crippen molar-refractivity contribution in [3.8, 4) is 0 Å². The van der Waals surface area contributed by atoms with Gasteiger partial charge >= 0.3 is 5.97 Å². The molecule has 0 aromatic heterocycles. The minimum atomic E-state index is -1.17. The Kier molecular flexibility index (Phi) is 9.72. The van der Waals surface area contributed by atoms with E-state index in [0.29, 0.717) is 6.61 Å². The highest BCUT2D eigenvalue weighted by atomic mass is 16.7. The van der Waals surface area contributed by atoms with E-state index >= 15 is 0 Å². The third-order valence-corrected chi connectivity index (χ3v) is 3.96. The van der Waals surface area contributed by atoms with Gasteiger partial charge in [0.05, 0.1) is 19.3 Å². The van der Waals surface area contributed by atoms with Crippen molar-refractivity contribution in [2.45, 2.75) is 64.3 Å². The van der Waals surface area contributed by atoms with Gasteiger partial charge in [-0.2, -0.15) is 0 Å². The molecule has 1 saturated heterocycles. The number of unbranched alkanes of at least 4 members (excludes halogenated alkanes) is 1. The summed E-state index contributed by atoms with van der Waals surface area (Å²) >= 11 is 0. The molecule has 1 heterocycles. The number of carbonyl (C=O) groups excluding carboxylic acids is 1. The minimum Gasteiger partial charge on any atom is -0.463 e. The Labute approximate surface area is 142 Å². The molecule has 0 aromatic rings. The summed E-state index contributed by atoms with van der Waals surface area (Å²) in [4.78, 5) is 10.9. The molecule has 1 aliphatic heterocycles. The fourth-order valence-corrected chi connectivity index (χ4v) is 2.35. The molecule has 8 nitrogen and oxygen atoms in total. The van der Waals surface area contributed by atoms with Crippen molar-refractivity contribution >= 4 is 5.97 Å². The Hall–Kier alpha value is -0.770. The normalized spacial score (nSPS) is 31.7. The topological polar surface area (TPSA) is 115 Å². The van der Waals surface area contributed by atoms with Crippen LogP contribution in [0.1, 0.15) is 33.6 Å². The summed E-state index contributed by atoms with van der Waals surface area (Å²) in [6, 6.07) is 0. The van der Waals surface area contributed by atoms with Crippen LogP contribution in [0.5, 0.6) is 0 Å². The highest BCUT2D eigenvalue weighted by Crippen LogP contribution is 2.27. The molecular weight excluding hydrogens is 320 g/mol. The lowest BCUT2D eigenvalue weighted by Crippen LogP contribution is -2.56. The summed E-state index contributed by atoms with van der Waals surface area (Å²) in [5.74, 6) is -0.982. The van der Waals surface area contributed by atoms with E-state index in [1.54, 1.807) is 6.92 Å². The lowest BCUT2D eigenvalue weighted by Gasteiger charge is -2.41. The maximum absolute atomic E-state index is 10.9. The number of aliphatic hydroxyl groups is 3. The van der Waals surface area contributed by atoms with Crippen LogP contribution in [0.3, 0.4) is 0 Å². The Morgan fingerprint density at radius 1 is 1.29 bits per heavy atom. The molecule has 0 aromatic carbocycles. The lowest BCUT2D eigenvalue weighted by molar-refractivity contribution is -0.288. The van der Waals surface area contributed by atoms with Gasteiger partial charge in [-0.1, -0.05) is 20.3 Å². The zero-order valence-electron chi connectivity index (χ0n) is 14.6. The third-order valence-electron chi connectivity index (χ3n) is 3.96. The fourth-order valence-electron chi connectivity index (χ4n) is 2.35. The minimum absolute atomic E-state index is 0.0956. The SMILES string of the molecule is CCCCOC(CO)COC1OC(COC(C)=O)C(O)C(O)C1C. The van der Waals surface area contributed by atoms with Crippen molar-refractivity contribution in [3.63, 3.8) is 0 Å². The second kappa shape index (κ2) is 11.0. The van der Waals surface area contributed by atoms with Crippen molar-refractivity contribution in [1.82, 2.24) is 0 Å². The molecule has 1 aliphatic rings. The maximum Gasteiger partial charge on any atom is 0.302 e. The number of aliphatic hydroxyl groups excluding tert-OH is 3. The zero-order chi connectivity index (χ0) is 18.1. The molecule has 0 bridgehead atoms. The summed E-state index contributed by atoms with van der Waals surface area (Å²) in [6.07, 6.45) is -2.52. The predicted octanol–water partition coefficient (Wildman–Crippen LogP) is -0.173. The van der Waals surface area contributed by atoms with Crippen molar-refractivity contribution in [3.05, 3.63) is 0 Å². The van der Waals surface area contributed by atoms with E-state index in [4.69, 9.17) is 18.9 Å². The van der Waals surface area contributed by atoms with Crippen molar-refractivity contribution < 1.29 is 39.1 Å². The van der Waals surface area contributed by atoms with Gasteiger partial charge in [0.25, 0.3) is 0 Å². The molecule has 142 valence electrons. The van der Waals surface area contributed by atoms with E-state index in [1.807, 2.05) is 6.92 Å². The third kappa shape index (κ3) is 6.62. The van der Waals surface area contributed by atoms with E-state index in [1.165, 1.54) is 6.92 Å². The van der Waals surface area contributed by atoms with Gasteiger partial charge in [0, 0.05) is 19.4 Å². The molecule has 6 unspecified atom stereocenters. The van der Waals surface area contributed by atoms with Crippen LogP contribution in [0.2, 0.25) is 0 Å². The summed E-state index contributed by atoms with van der Waals surface area (Å²) in [5.41, 5.74) is 0. The van der Waals surface area contributed by atoms with Gasteiger partial charge in [0.15, 0.2) is 6.29 Å². The van der Waals surface area contributed by atoms with Crippen LogP contribution < -0.4 is 0 Å². The number of hydrogen-bond acceptors (Lipinski definition) is 8. The van der Waals surface area contributed by atoms with Crippen LogP contribution in [0.25, 0.3) is 0 Å². The number of carbonyl (C=O) groups is 1. The standard InChI is InChI=1S/C16H30O8/c1-4-5-6-21-12(7-17)8-23-16-10(2)14(19)15(20)13(24-16)9-22-11(3)18/h10,12-17,19-20H,4-9H2,1-3H3. The van der Waals surface area contributed by atoms with Crippen molar-refractivity contribution in [2.75, 3.05) is 26.4 Å². The average molecular weight is 350 g/mol. The molecule has 3 N–H and O–H groups in total.